The van der Waals surface area contributed by atoms with E-state index in [4.69, 9.17) is 20.3 Å². The summed E-state index contributed by atoms with van der Waals surface area (Å²) in [6.45, 7) is -0.381. The van der Waals surface area contributed by atoms with Gasteiger partial charge in [0.15, 0.2) is 9.84 Å². The first-order valence-electron chi connectivity index (χ1n) is 9.22. The van der Waals surface area contributed by atoms with Crippen LogP contribution < -0.4 is 10.5 Å². The lowest BCUT2D eigenvalue weighted by Crippen LogP contribution is -2.13. The number of sulfone groups is 1. The first-order chi connectivity index (χ1) is 16.1. The summed E-state index contributed by atoms with van der Waals surface area (Å²) in [4.78, 5) is 28.7. The molecule has 0 radical (unpaired) electrons. The first kappa shape index (κ1) is 26.2. The molecule has 2 aromatic carbocycles. The number of alkyl halides is 2. The van der Waals surface area contributed by atoms with Crippen LogP contribution in [-0.4, -0.2) is 30.4 Å². The first-order valence-corrected chi connectivity index (χ1v) is 13.5. The van der Waals surface area contributed by atoms with Crippen LogP contribution in [0.25, 0.3) is 10.1 Å². The van der Waals surface area contributed by atoms with Gasteiger partial charge in [-0.1, -0.05) is 6.07 Å². The maximum atomic E-state index is 14.5. The minimum absolute atomic E-state index is 0.0483. The molecule has 0 atom stereocenters. The van der Waals surface area contributed by atoms with Crippen LogP contribution in [-0.2, 0) is 26.7 Å². The van der Waals surface area contributed by atoms with Gasteiger partial charge in [0.25, 0.3) is 0 Å². The number of halogens is 2. The van der Waals surface area contributed by atoms with Gasteiger partial charge in [-0.3, -0.25) is 9.36 Å². The van der Waals surface area contributed by atoms with Gasteiger partial charge in [0.05, 0.1) is 26.8 Å². The van der Waals surface area contributed by atoms with E-state index in [1.807, 2.05) is 6.07 Å². The molecule has 10 nitrogen and oxygen atoms in total. The normalized spacial score (nSPS) is 12.2. The Hall–Kier alpha value is -3.39. The molecule has 3 rings (SSSR count). The zero-order valence-corrected chi connectivity index (χ0v) is 20.0. The van der Waals surface area contributed by atoms with Gasteiger partial charge in [0.2, 0.25) is 5.91 Å². The number of fused-ring (bicyclic) bond motifs is 1. The molecular formula is C20H14F2N3O7PS2. The maximum Gasteiger partial charge on any atom is 0.400 e. The summed E-state index contributed by atoms with van der Waals surface area (Å²) in [5, 5.41) is 18.6. The van der Waals surface area contributed by atoms with Crippen molar-refractivity contribution in [1.82, 2.24) is 0 Å². The van der Waals surface area contributed by atoms with Gasteiger partial charge in [-0.05, 0) is 24.3 Å². The highest BCUT2D eigenvalue weighted by Crippen LogP contribution is 2.62. The number of carbonyl (C=O) groups is 1. The molecule has 0 bridgehead atoms. The Morgan fingerprint density at radius 2 is 1.89 bits per heavy atom. The number of nitriles is 2. The summed E-state index contributed by atoms with van der Waals surface area (Å²) in [6.07, 6.45) is 0.959. The highest BCUT2D eigenvalue weighted by molar-refractivity contribution is 7.90. The zero-order chi connectivity index (χ0) is 26.3. The van der Waals surface area contributed by atoms with Crippen LogP contribution in [0.1, 0.15) is 31.9 Å². The van der Waals surface area contributed by atoms with Crippen LogP contribution in [0.3, 0.4) is 0 Å². The van der Waals surface area contributed by atoms with Crippen molar-refractivity contribution in [2.45, 2.75) is 17.2 Å². The molecule has 0 saturated heterocycles. The monoisotopic (exact) mass is 541 g/mol. The van der Waals surface area contributed by atoms with Gasteiger partial charge in [0.1, 0.15) is 23.3 Å². The van der Waals surface area contributed by atoms with Crippen molar-refractivity contribution in [3.8, 4) is 17.9 Å². The Labute approximate surface area is 200 Å². The minimum Gasteiger partial charge on any atom is -0.487 e. The van der Waals surface area contributed by atoms with E-state index >= 15 is 0 Å². The molecule has 1 amide bonds. The molecule has 1 aromatic heterocycles. The van der Waals surface area contributed by atoms with Crippen LogP contribution in [0, 0.1) is 22.7 Å². The van der Waals surface area contributed by atoms with Gasteiger partial charge in [-0.25, -0.2) is 8.42 Å². The molecule has 0 fully saturated rings. The summed E-state index contributed by atoms with van der Waals surface area (Å²) >= 11 is 0.194. The largest absolute Gasteiger partial charge is 0.487 e. The molecule has 0 unspecified atom stereocenters. The standard InChI is InChI=1S/C20H14F2N3O7PS2/c1-35(30,31)13-3-2-10(12(4-13)7-23)9-32-16-6-11(19(25)26)5-14-15(8-24)18(34-17(14)16)20(21,22)33(27,28)29/h2-6H,9H2,1H3,(H2,25,26)(H2,27,28,29). The zero-order valence-electron chi connectivity index (χ0n) is 17.5. The second-order valence-electron chi connectivity index (χ2n) is 7.21. The van der Waals surface area contributed by atoms with E-state index in [2.05, 4.69) is 0 Å². The topological polar surface area (TPSA) is 192 Å². The highest BCUT2D eigenvalue weighted by atomic mass is 32.2. The van der Waals surface area contributed by atoms with Crippen molar-refractivity contribution < 1.29 is 41.1 Å². The number of primary amides is 1. The summed E-state index contributed by atoms with van der Waals surface area (Å²) in [5.74, 6) is -1.22. The van der Waals surface area contributed by atoms with Gasteiger partial charge >= 0.3 is 13.3 Å². The third kappa shape index (κ3) is 4.89. The van der Waals surface area contributed by atoms with Crippen molar-refractivity contribution in [3.05, 3.63) is 57.5 Å². The summed E-state index contributed by atoms with van der Waals surface area (Å²) in [7, 11) is -9.62. The van der Waals surface area contributed by atoms with E-state index in [9.17, 15) is 37.1 Å². The fraction of sp³-hybridized carbons (Fsp3) is 0.150. The maximum absolute atomic E-state index is 14.5. The number of rotatable bonds is 7. The highest BCUT2D eigenvalue weighted by Gasteiger charge is 2.53. The van der Waals surface area contributed by atoms with E-state index in [1.165, 1.54) is 18.2 Å². The van der Waals surface area contributed by atoms with E-state index in [-0.39, 0.29) is 55.4 Å². The van der Waals surface area contributed by atoms with E-state index in [0.29, 0.717) is 0 Å². The number of nitrogens with two attached hydrogens (primary N) is 1. The summed E-state index contributed by atoms with van der Waals surface area (Å²) in [6, 6.07) is 9.11. The molecule has 15 heteroatoms. The minimum atomic E-state index is -6.02. The van der Waals surface area contributed by atoms with Gasteiger partial charge in [-0.15, -0.1) is 11.3 Å². The smallest absolute Gasteiger partial charge is 0.400 e. The quantitative estimate of drug-likeness (QED) is 0.377. The number of nitrogens with zero attached hydrogens (tertiary/aromatic N) is 2. The lowest BCUT2D eigenvalue weighted by Gasteiger charge is -2.16. The van der Waals surface area contributed by atoms with E-state index in [1.54, 1.807) is 0 Å². The third-order valence-corrected chi connectivity index (χ3v) is 8.31. The van der Waals surface area contributed by atoms with Crippen molar-refractivity contribution in [1.29, 1.82) is 10.5 Å². The molecule has 35 heavy (non-hydrogen) atoms. The Morgan fingerprint density at radius 3 is 2.40 bits per heavy atom. The van der Waals surface area contributed by atoms with Crippen molar-refractivity contribution >= 4 is 44.8 Å². The Balaban J connectivity index is 2.18. The van der Waals surface area contributed by atoms with Crippen LogP contribution in [0.15, 0.2) is 35.2 Å². The van der Waals surface area contributed by atoms with Crippen molar-refractivity contribution in [2.75, 3.05) is 6.26 Å². The lowest BCUT2D eigenvalue weighted by atomic mass is 10.1. The molecule has 0 saturated carbocycles. The molecule has 3 aromatic rings. The SMILES string of the molecule is CS(=O)(=O)c1ccc(COc2cc(C(N)=O)cc3c(C#N)c(C(F)(F)P(=O)(O)O)sc23)c(C#N)c1. The number of thiophene rings is 1. The number of ether oxygens (including phenoxy) is 1. The van der Waals surface area contributed by atoms with Crippen LogP contribution in [0.4, 0.5) is 8.78 Å². The fourth-order valence-electron chi connectivity index (χ4n) is 3.04. The average molecular weight is 541 g/mol. The second-order valence-corrected chi connectivity index (χ2v) is 11.9. The molecule has 1 heterocycles. The van der Waals surface area contributed by atoms with Gasteiger partial charge in [-0.2, -0.15) is 19.3 Å². The Kier molecular flexibility index (Phi) is 6.74. The third-order valence-electron chi connectivity index (χ3n) is 4.80. The summed E-state index contributed by atoms with van der Waals surface area (Å²) < 4.78 is 69.4. The molecule has 0 aliphatic heterocycles. The summed E-state index contributed by atoms with van der Waals surface area (Å²) in [5.41, 5.74) is -0.231. The lowest BCUT2D eigenvalue weighted by molar-refractivity contribution is 0.0599. The number of amides is 1. The molecule has 0 aliphatic carbocycles. The van der Waals surface area contributed by atoms with Crippen molar-refractivity contribution in [3.63, 3.8) is 0 Å². The number of hydrogen-bond acceptors (Lipinski definition) is 8. The van der Waals surface area contributed by atoms with E-state index in [0.717, 1.165) is 24.5 Å². The van der Waals surface area contributed by atoms with Crippen LogP contribution >= 0.6 is 18.9 Å². The fourth-order valence-corrected chi connectivity index (χ4v) is 5.64. The second kappa shape index (κ2) is 9.00. The van der Waals surface area contributed by atoms with E-state index < -0.39 is 39.4 Å². The average Bonchev–Trinajstić information content (AvgIpc) is 3.15. The predicted molar refractivity (Wildman–Crippen MR) is 120 cm³/mol. The predicted octanol–water partition coefficient (Wildman–Crippen LogP) is 2.95. The van der Waals surface area contributed by atoms with Crippen LogP contribution in [0.2, 0.25) is 0 Å². The Bertz CT molecular complexity index is 1620. The number of carbonyl (C=O) groups excluding carboxylic acids is 1. The van der Waals surface area contributed by atoms with Gasteiger partial charge in [0, 0.05) is 22.8 Å². The number of hydrogen-bond donors (Lipinski definition) is 3. The van der Waals surface area contributed by atoms with Crippen LogP contribution in [0.5, 0.6) is 5.75 Å². The molecule has 4 N–H and O–H groups in total. The van der Waals surface area contributed by atoms with Gasteiger partial charge < -0.3 is 20.3 Å². The van der Waals surface area contributed by atoms with Crippen molar-refractivity contribution in [2.24, 2.45) is 5.73 Å². The number of benzene rings is 2. The molecule has 0 spiro atoms. The molecule has 182 valence electrons. The molecule has 0 aliphatic rings. The Morgan fingerprint density at radius 1 is 1.23 bits per heavy atom. The molecular weight excluding hydrogens is 527 g/mol.